The Balaban J connectivity index is 1.38. The highest BCUT2D eigenvalue weighted by molar-refractivity contribution is 7.18. The van der Waals surface area contributed by atoms with E-state index in [2.05, 4.69) is 4.90 Å². The zero-order valence-electron chi connectivity index (χ0n) is 22.2. The minimum Gasteiger partial charge on any atom is -0.462 e. The highest BCUT2D eigenvalue weighted by Gasteiger charge is 2.45. The fourth-order valence-electron chi connectivity index (χ4n) is 4.95. The van der Waals surface area contributed by atoms with Gasteiger partial charge in [-0.3, -0.25) is 4.90 Å². The number of carbonyl (C=O) groups is 2. The number of amides is 1. The van der Waals surface area contributed by atoms with Crippen molar-refractivity contribution in [3.8, 4) is 22.8 Å². The predicted octanol–water partition coefficient (Wildman–Crippen LogP) is 6.37. The van der Waals surface area contributed by atoms with Crippen molar-refractivity contribution in [3.05, 3.63) is 59.5 Å². The summed E-state index contributed by atoms with van der Waals surface area (Å²) >= 11 is 1.34. The molecule has 2 fully saturated rings. The largest absolute Gasteiger partial charge is 0.462 e. The zero-order valence-corrected chi connectivity index (χ0v) is 23.0. The molecule has 38 heavy (non-hydrogen) atoms. The minimum absolute atomic E-state index is 0.0522. The summed E-state index contributed by atoms with van der Waals surface area (Å²) in [7, 11) is 0. The molecule has 0 saturated carbocycles. The Kier molecular flexibility index (Phi) is 7.29. The van der Waals surface area contributed by atoms with Crippen LogP contribution in [0.15, 0.2) is 54.6 Å². The lowest BCUT2D eigenvalue weighted by molar-refractivity contribution is 0.0123. The lowest BCUT2D eigenvalue weighted by atomic mass is 10.1. The molecule has 2 aliphatic rings. The van der Waals surface area contributed by atoms with Crippen molar-refractivity contribution in [2.75, 3.05) is 24.6 Å². The molecule has 3 heterocycles. The van der Waals surface area contributed by atoms with Crippen molar-refractivity contribution in [1.82, 2.24) is 9.88 Å². The number of piperazine rings is 1. The number of rotatable bonds is 6. The van der Waals surface area contributed by atoms with Crippen molar-refractivity contribution in [2.45, 2.75) is 58.2 Å². The average Bonchev–Trinajstić information content (AvgIpc) is 3.44. The highest BCUT2D eigenvalue weighted by atomic mass is 32.1. The third-order valence-corrected chi connectivity index (χ3v) is 7.64. The summed E-state index contributed by atoms with van der Waals surface area (Å²) in [6.07, 6.45) is 1.59. The molecule has 0 radical (unpaired) electrons. The van der Waals surface area contributed by atoms with E-state index in [1.807, 2.05) is 80.3 Å². The van der Waals surface area contributed by atoms with Gasteiger partial charge in [0.25, 0.3) is 0 Å². The van der Waals surface area contributed by atoms with Gasteiger partial charge in [0.05, 0.1) is 24.4 Å². The number of nitrogens with zero attached hydrogens (tertiary/aromatic N) is 3. The number of esters is 1. The number of thiazole rings is 1. The Bertz CT molecular complexity index is 1270. The molecule has 0 N–H and O–H groups in total. The first-order valence-corrected chi connectivity index (χ1v) is 13.8. The van der Waals surface area contributed by atoms with Crippen molar-refractivity contribution in [2.24, 2.45) is 0 Å². The van der Waals surface area contributed by atoms with E-state index in [1.54, 1.807) is 6.92 Å². The summed E-state index contributed by atoms with van der Waals surface area (Å²) in [5.74, 6) is 1.07. The monoisotopic (exact) mass is 535 g/mol. The van der Waals surface area contributed by atoms with E-state index in [9.17, 15) is 9.59 Å². The Morgan fingerprint density at radius 1 is 0.974 bits per heavy atom. The molecular formula is C29H33N3O5S. The Hall–Kier alpha value is -3.59. The van der Waals surface area contributed by atoms with Gasteiger partial charge in [0.1, 0.15) is 22.0 Å². The lowest BCUT2D eigenvalue weighted by Crippen LogP contribution is -2.56. The van der Waals surface area contributed by atoms with Crippen LogP contribution in [0, 0.1) is 0 Å². The van der Waals surface area contributed by atoms with E-state index < -0.39 is 5.60 Å². The first-order valence-electron chi connectivity index (χ1n) is 13.0. The molecule has 0 aliphatic carbocycles. The molecule has 2 unspecified atom stereocenters. The van der Waals surface area contributed by atoms with E-state index in [4.69, 9.17) is 19.2 Å². The normalized spacial score (nSPS) is 18.8. The van der Waals surface area contributed by atoms with E-state index in [0.717, 1.165) is 29.3 Å². The summed E-state index contributed by atoms with van der Waals surface area (Å²) in [5, 5.41) is 0.758. The molecule has 2 aliphatic heterocycles. The van der Waals surface area contributed by atoms with Crippen LogP contribution in [0.1, 0.15) is 50.2 Å². The van der Waals surface area contributed by atoms with E-state index in [1.165, 1.54) is 11.3 Å². The standard InChI is InChI=1S/C29H33N3O5S/c1-5-35-26(33)25-24(19-11-15-23(16-12-19)36-22-9-7-6-8-10-22)30-27(38-25)31-17-20-13-14-21(18-31)32(20)28(34)37-29(2,3)4/h6-12,15-16,20-21H,5,13-14,17-18H2,1-4H3. The third-order valence-electron chi connectivity index (χ3n) is 6.54. The summed E-state index contributed by atoms with van der Waals surface area (Å²) in [6.45, 7) is 9.03. The fraction of sp³-hybridized carbons (Fsp3) is 0.414. The number of benzene rings is 2. The van der Waals surface area contributed by atoms with Gasteiger partial charge >= 0.3 is 12.1 Å². The minimum atomic E-state index is -0.534. The maximum Gasteiger partial charge on any atom is 0.410 e. The molecule has 1 amide bonds. The Morgan fingerprint density at radius 3 is 2.21 bits per heavy atom. The second-order valence-corrected chi connectivity index (χ2v) is 11.5. The Labute approximate surface area is 227 Å². The maximum absolute atomic E-state index is 12.9. The summed E-state index contributed by atoms with van der Waals surface area (Å²) < 4.78 is 16.9. The molecule has 8 nitrogen and oxygen atoms in total. The van der Waals surface area contributed by atoms with Gasteiger partial charge in [-0.2, -0.15) is 0 Å². The SMILES string of the molecule is CCOC(=O)c1sc(N2CC3CCC(C2)N3C(=O)OC(C)(C)C)nc1-c1ccc(Oc2ccccc2)cc1. The molecule has 3 aromatic rings. The smallest absolute Gasteiger partial charge is 0.410 e. The quantitative estimate of drug-likeness (QED) is 0.339. The van der Waals surface area contributed by atoms with Crippen LogP contribution in [-0.4, -0.2) is 59.3 Å². The van der Waals surface area contributed by atoms with E-state index in [0.29, 0.717) is 29.4 Å². The van der Waals surface area contributed by atoms with Crippen LogP contribution in [0.2, 0.25) is 0 Å². The van der Waals surface area contributed by atoms with Gasteiger partial charge in [-0.15, -0.1) is 0 Å². The number of hydrogen-bond acceptors (Lipinski definition) is 8. The molecule has 2 aromatic carbocycles. The lowest BCUT2D eigenvalue weighted by Gasteiger charge is -2.41. The number of para-hydroxylation sites is 1. The van der Waals surface area contributed by atoms with E-state index >= 15 is 0 Å². The molecule has 2 atom stereocenters. The second-order valence-electron chi connectivity index (χ2n) is 10.5. The van der Waals surface area contributed by atoms with Crippen molar-refractivity contribution < 1.29 is 23.8 Å². The van der Waals surface area contributed by atoms with Crippen LogP contribution >= 0.6 is 11.3 Å². The van der Waals surface area contributed by atoms with Crippen LogP contribution in [0.25, 0.3) is 11.3 Å². The molecule has 0 spiro atoms. The van der Waals surface area contributed by atoms with Crippen LogP contribution in [0.5, 0.6) is 11.5 Å². The molecule has 2 saturated heterocycles. The summed E-state index contributed by atoms with van der Waals surface area (Å²) in [4.78, 5) is 35.2. The maximum atomic E-state index is 12.9. The molecular weight excluding hydrogens is 502 g/mol. The average molecular weight is 536 g/mol. The van der Waals surface area contributed by atoms with Gasteiger partial charge in [0.15, 0.2) is 5.13 Å². The molecule has 2 bridgehead atoms. The first kappa shape index (κ1) is 26.0. The number of ether oxygens (including phenoxy) is 3. The van der Waals surface area contributed by atoms with Crippen molar-refractivity contribution >= 4 is 28.5 Å². The van der Waals surface area contributed by atoms with Gasteiger partial charge in [0.2, 0.25) is 0 Å². The van der Waals surface area contributed by atoms with Crippen LogP contribution < -0.4 is 9.64 Å². The summed E-state index contributed by atoms with van der Waals surface area (Å²) in [5.41, 5.74) is 0.872. The molecule has 9 heteroatoms. The first-order chi connectivity index (χ1) is 18.2. The molecule has 200 valence electrons. The summed E-state index contributed by atoms with van der Waals surface area (Å²) in [6, 6.07) is 17.2. The van der Waals surface area contributed by atoms with Crippen molar-refractivity contribution in [1.29, 1.82) is 0 Å². The molecule has 5 rings (SSSR count). The van der Waals surface area contributed by atoms with Crippen LogP contribution in [0.3, 0.4) is 0 Å². The van der Waals surface area contributed by atoms with Crippen LogP contribution in [-0.2, 0) is 9.47 Å². The van der Waals surface area contributed by atoms with Gasteiger partial charge in [-0.1, -0.05) is 29.5 Å². The Morgan fingerprint density at radius 2 is 1.61 bits per heavy atom. The van der Waals surface area contributed by atoms with E-state index in [-0.39, 0.29) is 30.8 Å². The van der Waals surface area contributed by atoms with Gasteiger partial charge in [0, 0.05) is 18.7 Å². The topological polar surface area (TPSA) is 81.2 Å². The fourth-order valence-corrected chi connectivity index (χ4v) is 5.95. The molecule has 1 aromatic heterocycles. The van der Waals surface area contributed by atoms with Crippen molar-refractivity contribution in [3.63, 3.8) is 0 Å². The van der Waals surface area contributed by atoms with Gasteiger partial charge in [-0.25, -0.2) is 14.6 Å². The number of carbonyl (C=O) groups excluding carboxylic acids is 2. The number of fused-ring (bicyclic) bond motifs is 2. The second kappa shape index (κ2) is 10.6. The third kappa shape index (κ3) is 5.62. The van der Waals surface area contributed by atoms with Crippen LogP contribution in [0.4, 0.5) is 9.93 Å². The zero-order chi connectivity index (χ0) is 26.9. The predicted molar refractivity (Wildman–Crippen MR) is 147 cm³/mol. The highest BCUT2D eigenvalue weighted by Crippen LogP contribution is 2.39. The van der Waals surface area contributed by atoms with Gasteiger partial charge in [-0.05, 0) is 76.9 Å². The number of hydrogen-bond donors (Lipinski definition) is 0. The van der Waals surface area contributed by atoms with Gasteiger partial charge < -0.3 is 19.1 Å². The number of anilines is 1. The number of aromatic nitrogens is 1.